The van der Waals surface area contributed by atoms with E-state index in [0.29, 0.717) is 12.1 Å². The number of hydrogen-bond donors (Lipinski definition) is 1. The van der Waals surface area contributed by atoms with Gasteiger partial charge in [0, 0.05) is 18.8 Å². The lowest BCUT2D eigenvalue weighted by atomic mass is 9.96. The molecule has 5 heteroatoms. The van der Waals surface area contributed by atoms with Crippen LogP contribution in [0.25, 0.3) is 0 Å². The van der Waals surface area contributed by atoms with Crippen LogP contribution in [0.4, 0.5) is 5.69 Å². The average molecular weight is 355 g/mol. The highest BCUT2D eigenvalue weighted by Crippen LogP contribution is 2.30. The lowest BCUT2D eigenvalue weighted by molar-refractivity contribution is 0.0599. The molecule has 0 radical (unpaired) electrons. The quantitative estimate of drug-likeness (QED) is 0.808. The summed E-state index contributed by atoms with van der Waals surface area (Å²) < 4.78 is 10.6. The molecule has 0 bridgehead atoms. The zero-order chi connectivity index (χ0) is 18.5. The van der Waals surface area contributed by atoms with Crippen LogP contribution in [-0.2, 0) is 11.2 Å². The molecule has 0 saturated carbocycles. The molecule has 1 aliphatic heterocycles. The van der Waals surface area contributed by atoms with E-state index in [4.69, 9.17) is 9.47 Å². The fourth-order valence-corrected chi connectivity index (χ4v) is 3.40. The molecule has 0 aliphatic carbocycles. The monoisotopic (exact) mass is 355 g/mol. The number of nitrogens with zero attached hydrogens (tertiary/aromatic N) is 1. The van der Waals surface area contributed by atoms with Gasteiger partial charge in [0.05, 0.1) is 12.7 Å². The van der Waals surface area contributed by atoms with Gasteiger partial charge >= 0.3 is 5.97 Å². The zero-order valence-corrected chi connectivity index (χ0v) is 15.3. The van der Waals surface area contributed by atoms with Crippen LogP contribution in [-0.4, -0.2) is 44.0 Å². The first-order valence-electron chi connectivity index (χ1n) is 8.91. The molecule has 0 unspecified atom stereocenters. The summed E-state index contributed by atoms with van der Waals surface area (Å²) in [7, 11) is 1.40. The first-order valence-corrected chi connectivity index (χ1v) is 8.91. The van der Waals surface area contributed by atoms with Gasteiger partial charge in [-0.25, -0.2) is 4.79 Å². The van der Waals surface area contributed by atoms with Gasteiger partial charge in [0.2, 0.25) is 0 Å². The number of aliphatic hydroxyl groups excluding tert-OH is 1. The summed E-state index contributed by atoms with van der Waals surface area (Å²) in [5.74, 6) is 0.478. The van der Waals surface area contributed by atoms with Gasteiger partial charge in [-0.2, -0.15) is 0 Å². The van der Waals surface area contributed by atoms with Crippen LogP contribution in [0.1, 0.15) is 27.9 Å². The molecule has 1 atom stereocenters. The van der Waals surface area contributed by atoms with Gasteiger partial charge in [-0.05, 0) is 49.1 Å². The van der Waals surface area contributed by atoms with Crippen molar-refractivity contribution < 1.29 is 19.4 Å². The van der Waals surface area contributed by atoms with E-state index < -0.39 is 6.10 Å². The third kappa shape index (κ3) is 3.99. The van der Waals surface area contributed by atoms with Gasteiger partial charge in [0.15, 0.2) is 0 Å². The summed E-state index contributed by atoms with van der Waals surface area (Å²) in [5, 5.41) is 10.4. The third-order valence-corrected chi connectivity index (χ3v) is 4.71. The van der Waals surface area contributed by atoms with Crippen LogP contribution in [0.2, 0.25) is 0 Å². The van der Waals surface area contributed by atoms with Crippen molar-refractivity contribution in [3.8, 4) is 5.75 Å². The van der Waals surface area contributed by atoms with E-state index in [1.807, 2.05) is 43.3 Å². The fraction of sp³-hybridized carbons (Fsp3) is 0.381. The Balaban J connectivity index is 1.68. The van der Waals surface area contributed by atoms with Crippen molar-refractivity contribution in [2.45, 2.75) is 25.9 Å². The van der Waals surface area contributed by atoms with E-state index in [1.54, 1.807) is 6.07 Å². The Labute approximate surface area is 154 Å². The zero-order valence-electron chi connectivity index (χ0n) is 15.3. The third-order valence-electron chi connectivity index (χ3n) is 4.71. The smallest absolute Gasteiger partial charge is 0.338 e. The van der Waals surface area contributed by atoms with Crippen molar-refractivity contribution in [1.29, 1.82) is 0 Å². The van der Waals surface area contributed by atoms with Crippen LogP contribution >= 0.6 is 0 Å². The molecule has 0 spiro atoms. The molecule has 138 valence electrons. The molecule has 0 saturated heterocycles. The Morgan fingerprint density at radius 1 is 1.23 bits per heavy atom. The topological polar surface area (TPSA) is 59.0 Å². The van der Waals surface area contributed by atoms with Gasteiger partial charge in [0.25, 0.3) is 0 Å². The van der Waals surface area contributed by atoms with Crippen LogP contribution in [0, 0.1) is 6.92 Å². The normalized spacial score (nSPS) is 14.5. The minimum Gasteiger partial charge on any atom is -0.491 e. The number of ether oxygens (including phenoxy) is 2. The molecule has 0 amide bonds. The highest BCUT2D eigenvalue weighted by atomic mass is 16.5. The largest absolute Gasteiger partial charge is 0.491 e. The molecule has 2 aromatic rings. The van der Waals surface area contributed by atoms with Crippen molar-refractivity contribution in [2.24, 2.45) is 0 Å². The Morgan fingerprint density at radius 3 is 2.81 bits per heavy atom. The van der Waals surface area contributed by atoms with Crippen LogP contribution in [0.5, 0.6) is 5.75 Å². The van der Waals surface area contributed by atoms with Gasteiger partial charge in [0.1, 0.15) is 18.5 Å². The number of esters is 1. The number of anilines is 1. The minimum absolute atomic E-state index is 0.230. The Bertz CT molecular complexity index is 774. The number of aryl methyl sites for hydroxylation is 1. The van der Waals surface area contributed by atoms with Crippen LogP contribution in [0.3, 0.4) is 0 Å². The summed E-state index contributed by atoms with van der Waals surface area (Å²) >= 11 is 0. The van der Waals surface area contributed by atoms with Gasteiger partial charge in [-0.15, -0.1) is 0 Å². The maximum atomic E-state index is 12.0. The van der Waals surface area contributed by atoms with Crippen molar-refractivity contribution in [3.63, 3.8) is 0 Å². The Kier molecular flexibility index (Phi) is 5.78. The fourth-order valence-electron chi connectivity index (χ4n) is 3.40. The van der Waals surface area contributed by atoms with Gasteiger partial charge in [-0.3, -0.25) is 0 Å². The first kappa shape index (κ1) is 18.3. The minimum atomic E-state index is -0.623. The van der Waals surface area contributed by atoms with Gasteiger partial charge < -0.3 is 19.5 Å². The maximum absolute atomic E-state index is 12.0. The van der Waals surface area contributed by atoms with Crippen molar-refractivity contribution in [3.05, 3.63) is 59.2 Å². The Morgan fingerprint density at radius 2 is 2.04 bits per heavy atom. The number of methoxy groups -OCH3 is 1. The van der Waals surface area contributed by atoms with E-state index in [1.165, 1.54) is 7.11 Å². The number of β-amino-alcohol motifs (C(OH)–C–C–N with tert-alkyl or cyclic N) is 1. The molecular formula is C21H25NO4. The van der Waals surface area contributed by atoms with E-state index in [0.717, 1.165) is 42.0 Å². The molecule has 3 rings (SSSR count). The SMILES string of the molecule is COC(=O)c1cccc2c1CCCN2C[C@H](O)COc1ccccc1C. The molecule has 1 heterocycles. The van der Waals surface area contributed by atoms with Crippen molar-refractivity contribution in [2.75, 3.05) is 31.7 Å². The number of carbonyl (C=O) groups is 1. The van der Waals surface area contributed by atoms with E-state index >= 15 is 0 Å². The molecule has 0 fully saturated rings. The number of para-hydroxylation sites is 1. The highest BCUT2D eigenvalue weighted by Gasteiger charge is 2.24. The standard InChI is InChI=1S/C21H25NO4/c1-15-7-3-4-11-20(15)26-14-16(23)13-22-12-6-9-17-18(21(24)25-2)8-5-10-19(17)22/h3-5,7-8,10-11,16,23H,6,9,12-14H2,1-2H3/t16-/m0/s1. The number of carbonyl (C=O) groups excluding carboxylic acids is 1. The average Bonchev–Trinajstić information content (AvgIpc) is 2.66. The van der Waals surface area contributed by atoms with Crippen LogP contribution in [0.15, 0.2) is 42.5 Å². The number of aliphatic hydroxyl groups is 1. The second-order valence-corrected chi connectivity index (χ2v) is 6.57. The van der Waals surface area contributed by atoms with Crippen molar-refractivity contribution >= 4 is 11.7 Å². The number of fused-ring (bicyclic) bond motifs is 1. The maximum Gasteiger partial charge on any atom is 0.338 e. The number of hydrogen-bond acceptors (Lipinski definition) is 5. The van der Waals surface area contributed by atoms with E-state index in [9.17, 15) is 9.90 Å². The van der Waals surface area contributed by atoms with Crippen molar-refractivity contribution in [1.82, 2.24) is 0 Å². The number of rotatable bonds is 6. The molecule has 0 aromatic heterocycles. The molecule has 2 aromatic carbocycles. The first-order chi connectivity index (χ1) is 12.6. The Hall–Kier alpha value is -2.53. The number of benzene rings is 2. The lowest BCUT2D eigenvalue weighted by Gasteiger charge is -2.33. The second-order valence-electron chi connectivity index (χ2n) is 6.57. The molecule has 1 aliphatic rings. The lowest BCUT2D eigenvalue weighted by Crippen LogP contribution is -2.39. The molecule has 5 nitrogen and oxygen atoms in total. The molecular weight excluding hydrogens is 330 g/mol. The van der Waals surface area contributed by atoms with Crippen LogP contribution < -0.4 is 9.64 Å². The van der Waals surface area contributed by atoms with Gasteiger partial charge in [-0.1, -0.05) is 24.3 Å². The summed E-state index contributed by atoms with van der Waals surface area (Å²) in [6.45, 7) is 3.52. The summed E-state index contributed by atoms with van der Waals surface area (Å²) in [5.41, 5.74) is 3.65. The summed E-state index contributed by atoms with van der Waals surface area (Å²) in [6, 6.07) is 13.4. The molecule has 26 heavy (non-hydrogen) atoms. The van der Waals surface area contributed by atoms with E-state index in [-0.39, 0.29) is 12.6 Å². The second kappa shape index (κ2) is 8.23. The highest BCUT2D eigenvalue weighted by molar-refractivity contribution is 5.93. The predicted octanol–water partition coefficient (Wildman–Crippen LogP) is 2.97. The summed E-state index contributed by atoms with van der Waals surface area (Å²) in [4.78, 5) is 14.1. The van der Waals surface area contributed by atoms with E-state index in [2.05, 4.69) is 4.90 Å². The predicted molar refractivity (Wildman–Crippen MR) is 101 cm³/mol. The molecule has 1 N–H and O–H groups in total. The summed E-state index contributed by atoms with van der Waals surface area (Å²) in [6.07, 6.45) is 1.15.